The van der Waals surface area contributed by atoms with Crippen molar-refractivity contribution in [3.05, 3.63) is 60.7 Å². The SMILES string of the molecule is CC(=O)Oc1nnc(-c2ccccc2)c(-c2ccccc2)n1. The van der Waals surface area contributed by atoms with E-state index < -0.39 is 5.97 Å². The first-order valence-corrected chi connectivity index (χ1v) is 6.78. The van der Waals surface area contributed by atoms with Crippen molar-refractivity contribution in [3.8, 4) is 28.5 Å². The quantitative estimate of drug-likeness (QED) is 0.694. The van der Waals surface area contributed by atoms with Gasteiger partial charge in [-0.3, -0.25) is 4.79 Å². The summed E-state index contributed by atoms with van der Waals surface area (Å²) in [5.41, 5.74) is 3.04. The molecule has 0 aliphatic rings. The maximum atomic E-state index is 11.1. The number of carbonyl (C=O) groups is 1. The molecule has 0 saturated carbocycles. The third kappa shape index (κ3) is 2.98. The zero-order valence-electron chi connectivity index (χ0n) is 11.9. The summed E-state index contributed by atoms with van der Waals surface area (Å²) in [4.78, 5) is 15.4. The van der Waals surface area contributed by atoms with Crippen LogP contribution in [-0.4, -0.2) is 21.2 Å². The highest BCUT2D eigenvalue weighted by Gasteiger charge is 2.14. The van der Waals surface area contributed by atoms with Crippen LogP contribution in [0.4, 0.5) is 0 Å². The van der Waals surface area contributed by atoms with E-state index in [0.29, 0.717) is 11.4 Å². The lowest BCUT2D eigenvalue weighted by Gasteiger charge is -2.08. The Morgan fingerprint density at radius 3 is 1.91 bits per heavy atom. The van der Waals surface area contributed by atoms with Gasteiger partial charge < -0.3 is 4.74 Å². The predicted octanol–water partition coefficient (Wildman–Crippen LogP) is 3.13. The van der Waals surface area contributed by atoms with Gasteiger partial charge in [0, 0.05) is 18.1 Å². The molecule has 3 rings (SSSR count). The predicted molar refractivity (Wildman–Crippen MR) is 82.0 cm³/mol. The van der Waals surface area contributed by atoms with Crippen LogP contribution in [0.5, 0.6) is 6.01 Å². The first-order valence-electron chi connectivity index (χ1n) is 6.78. The van der Waals surface area contributed by atoms with Crippen molar-refractivity contribution in [2.75, 3.05) is 0 Å². The van der Waals surface area contributed by atoms with Crippen molar-refractivity contribution in [1.29, 1.82) is 0 Å². The molecule has 0 atom stereocenters. The van der Waals surface area contributed by atoms with Gasteiger partial charge in [0.2, 0.25) is 0 Å². The Labute approximate surface area is 127 Å². The Hall–Kier alpha value is -3.08. The van der Waals surface area contributed by atoms with Gasteiger partial charge in [-0.15, -0.1) is 5.10 Å². The molecule has 3 aromatic rings. The molecule has 0 fully saturated rings. The molecule has 108 valence electrons. The standard InChI is InChI=1S/C17H13N3O2/c1-12(21)22-17-18-15(13-8-4-2-5-9-13)16(19-20-17)14-10-6-3-7-11-14/h2-11H,1H3. The number of hydrogen-bond acceptors (Lipinski definition) is 5. The van der Waals surface area contributed by atoms with Crippen LogP contribution in [0.3, 0.4) is 0 Å². The van der Waals surface area contributed by atoms with Gasteiger partial charge in [-0.25, -0.2) is 0 Å². The van der Waals surface area contributed by atoms with Gasteiger partial charge in [-0.05, 0) is 0 Å². The van der Waals surface area contributed by atoms with Crippen LogP contribution in [0.1, 0.15) is 6.92 Å². The summed E-state index contributed by atoms with van der Waals surface area (Å²) >= 11 is 0. The van der Waals surface area contributed by atoms with Crippen LogP contribution in [0.2, 0.25) is 0 Å². The first-order chi connectivity index (χ1) is 10.7. The molecule has 0 radical (unpaired) electrons. The zero-order valence-corrected chi connectivity index (χ0v) is 11.9. The number of carbonyl (C=O) groups excluding carboxylic acids is 1. The summed E-state index contributed by atoms with van der Waals surface area (Å²) in [5, 5.41) is 8.07. The summed E-state index contributed by atoms with van der Waals surface area (Å²) in [7, 11) is 0. The molecular formula is C17H13N3O2. The molecule has 0 N–H and O–H groups in total. The monoisotopic (exact) mass is 291 g/mol. The van der Waals surface area contributed by atoms with E-state index in [4.69, 9.17) is 4.74 Å². The van der Waals surface area contributed by atoms with E-state index in [-0.39, 0.29) is 6.01 Å². The fourth-order valence-electron chi connectivity index (χ4n) is 2.07. The Balaban J connectivity index is 2.15. The van der Waals surface area contributed by atoms with E-state index in [2.05, 4.69) is 15.2 Å². The lowest BCUT2D eigenvalue weighted by atomic mass is 10.0. The number of rotatable bonds is 3. The van der Waals surface area contributed by atoms with Crippen molar-refractivity contribution in [2.24, 2.45) is 0 Å². The van der Waals surface area contributed by atoms with E-state index in [1.54, 1.807) is 0 Å². The summed E-state index contributed by atoms with van der Waals surface area (Å²) in [5.74, 6) is -0.478. The zero-order chi connectivity index (χ0) is 15.4. The van der Waals surface area contributed by atoms with E-state index >= 15 is 0 Å². The molecule has 2 aromatic carbocycles. The number of benzene rings is 2. The largest absolute Gasteiger partial charge is 0.390 e. The fourth-order valence-corrected chi connectivity index (χ4v) is 2.07. The Bertz CT molecular complexity index is 790. The number of nitrogens with zero attached hydrogens (tertiary/aromatic N) is 3. The average molecular weight is 291 g/mol. The number of hydrogen-bond donors (Lipinski definition) is 0. The molecule has 1 aromatic heterocycles. The molecule has 0 amide bonds. The minimum atomic E-state index is -0.478. The Morgan fingerprint density at radius 2 is 1.36 bits per heavy atom. The summed E-state index contributed by atoms with van der Waals surface area (Å²) in [6.07, 6.45) is 0. The molecule has 0 aliphatic heterocycles. The molecule has 0 spiro atoms. The van der Waals surface area contributed by atoms with Crippen LogP contribution < -0.4 is 4.74 Å². The lowest BCUT2D eigenvalue weighted by molar-refractivity contribution is -0.132. The van der Waals surface area contributed by atoms with Crippen molar-refractivity contribution >= 4 is 5.97 Å². The second-order valence-corrected chi connectivity index (χ2v) is 4.62. The second-order valence-electron chi connectivity index (χ2n) is 4.62. The van der Waals surface area contributed by atoms with E-state index in [1.165, 1.54) is 6.92 Å². The van der Waals surface area contributed by atoms with Gasteiger partial charge in [0.1, 0.15) is 11.4 Å². The van der Waals surface area contributed by atoms with Gasteiger partial charge in [-0.1, -0.05) is 65.8 Å². The second kappa shape index (κ2) is 6.13. The lowest BCUT2D eigenvalue weighted by Crippen LogP contribution is -2.07. The third-order valence-electron chi connectivity index (χ3n) is 3.00. The van der Waals surface area contributed by atoms with Crippen LogP contribution in [0.15, 0.2) is 60.7 Å². The van der Waals surface area contributed by atoms with Crippen LogP contribution in [-0.2, 0) is 4.79 Å². The van der Waals surface area contributed by atoms with Gasteiger partial charge in [0.25, 0.3) is 0 Å². The topological polar surface area (TPSA) is 65.0 Å². The Kier molecular flexibility index (Phi) is 3.87. The highest BCUT2D eigenvalue weighted by Crippen LogP contribution is 2.28. The third-order valence-corrected chi connectivity index (χ3v) is 3.00. The first kappa shape index (κ1) is 13.9. The van der Waals surface area contributed by atoms with Crippen LogP contribution >= 0.6 is 0 Å². The molecule has 22 heavy (non-hydrogen) atoms. The van der Waals surface area contributed by atoms with Crippen LogP contribution in [0.25, 0.3) is 22.5 Å². The minimum absolute atomic E-state index is 0.0500. The summed E-state index contributed by atoms with van der Waals surface area (Å²) in [6, 6.07) is 19.2. The van der Waals surface area contributed by atoms with Gasteiger partial charge in [0.05, 0.1) is 0 Å². The molecule has 0 bridgehead atoms. The van der Waals surface area contributed by atoms with Gasteiger partial charge in [-0.2, -0.15) is 4.98 Å². The molecule has 0 saturated heterocycles. The number of aromatic nitrogens is 3. The highest BCUT2D eigenvalue weighted by atomic mass is 16.5. The Morgan fingerprint density at radius 1 is 0.818 bits per heavy atom. The normalized spacial score (nSPS) is 10.2. The highest BCUT2D eigenvalue weighted by molar-refractivity contribution is 5.77. The van der Waals surface area contributed by atoms with Gasteiger partial charge >= 0.3 is 12.0 Å². The molecule has 5 heteroatoms. The number of esters is 1. The molecular weight excluding hydrogens is 278 g/mol. The van der Waals surface area contributed by atoms with E-state index in [0.717, 1.165) is 11.1 Å². The van der Waals surface area contributed by atoms with Crippen molar-refractivity contribution in [2.45, 2.75) is 6.92 Å². The number of ether oxygens (including phenoxy) is 1. The van der Waals surface area contributed by atoms with Crippen molar-refractivity contribution in [3.63, 3.8) is 0 Å². The average Bonchev–Trinajstić information content (AvgIpc) is 2.56. The van der Waals surface area contributed by atoms with Gasteiger partial charge in [0.15, 0.2) is 0 Å². The minimum Gasteiger partial charge on any atom is -0.390 e. The van der Waals surface area contributed by atoms with Crippen molar-refractivity contribution < 1.29 is 9.53 Å². The maximum Gasteiger partial charge on any atom is 0.344 e. The van der Waals surface area contributed by atoms with Crippen molar-refractivity contribution in [1.82, 2.24) is 15.2 Å². The summed E-state index contributed by atoms with van der Waals surface area (Å²) in [6.45, 7) is 1.30. The van der Waals surface area contributed by atoms with Crippen LogP contribution in [0, 0.1) is 0 Å². The smallest absolute Gasteiger partial charge is 0.344 e. The molecule has 1 heterocycles. The molecule has 0 unspecified atom stereocenters. The summed E-state index contributed by atoms with van der Waals surface area (Å²) < 4.78 is 4.94. The maximum absolute atomic E-state index is 11.1. The fraction of sp³-hybridized carbons (Fsp3) is 0.0588. The molecule has 0 aliphatic carbocycles. The van der Waals surface area contributed by atoms with E-state index in [9.17, 15) is 4.79 Å². The van der Waals surface area contributed by atoms with E-state index in [1.807, 2.05) is 60.7 Å². The molecule has 5 nitrogen and oxygen atoms in total.